The summed E-state index contributed by atoms with van der Waals surface area (Å²) in [6.45, 7) is 12.5. The molecule has 0 aliphatic carbocycles. The minimum absolute atomic E-state index is 0.365. The zero-order valence-corrected chi connectivity index (χ0v) is 36.3. The summed E-state index contributed by atoms with van der Waals surface area (Å²) in [6, 6.07) is 0. The number of nitrogens with one attached hydrogen (secondary N) is 1. The maximum Gasteiger partial charge on any atom is 0.407 e. The van der Waals surface area contributed by atoms with Gasteiger partial charge in [0.2, 0.25) is 0 Å². The van der Waals surface area contributed by atoms with E-state index in [1.165, 1.54) is 167 Å². The number of carbonyl (C=O) groups excluding carboxylic acids is 1. The Morgan fingerprint density at radius 3 is 1.31 bits per heavy atom. The van der Waals surface area contributed by atoms with Crippen LogP contribution < -0.4 is 5.32 Å². The topological polar surface area (TPSA) is 63.3 Å². The molecule has 0 aromatic heterocycles. The first-order valence-electron chi connectivity index (χ1n) is 23.5. The highest BCUT2D eigenvalue weighted by molar-refractivity contribution is 5.67. The molecular formula is C47H91N3O4. The Hall–Kier alpha value is -1.41. The van der Waals surface area contributed by atoms with Crippen LogP contribution in [0.15, 0.2) is 24.3 Å². The number of hydrogen-bond donors (Lipinski definition) is 1. The second-order valence-electron chi connectivity index (χ2n) is 16.1. The lowest BCUT2D eigenvalue weighted by atomic mass is 10.1. The summed E-state index contributed by atoms with van der Waals surface area (Å²) >= 11 is 0. The van der Waals surface area contributed by atoms with Crippen molar-refractivity contribution in [1.29, 1.82) is 0 Å². The molecule has 0 saturated carbocycles. The second-order valence-corrected chi connectivity index (χ2v) is 16.1. The Kier molecular flexibility index (Phi) is 38.6. The van der Waals surface area contributed by atoms with Crippen LogP contribution in [0.1, 0.15) is 194 Å². The van der Waals surface area contributed by atoms with E-state index < -0.39 is 0 Å². The normalized spacial score (nSPS) is 14.8. The van der Waals surface area contributed by atoms with E-state index >= 15 is 0 Å². The van der Waals surface area contributed by atoms with Crippen LogP contribution in [0.4, 0.5) is 4.79 Å². The quantitative estimate of drug-likeness (QED) is 0.0495. The third-order valence-corrected chi connectivity index (χ3v) is 10.8. The number of piperazine rings is 1. The van der Waals surface area contributed by atoms with Gasteiger partial charge in [0.25, 0.3) is 0 Å². The molecule has 1 amide bonds. The average molecular weight is 762 g/mol. The molecule has 318 valence electrons. The Bertz CT molecular complexity index is 784. The molecule has 1 aliphatic heterocycles. The van der Waals surface area contributed by atoms with Crippen molar-refractivity contribution in [1.82, 2.24) is 15.1 Å². The molecule has 1 fully saturated rings. The highest BCUT2D eigenvalue weighted by atomic mass is 16.6. The van der Waals surface area contributed by atoms with E-state index in [0.717, 1.165) is 45.6 Å². The maximum absolute atomic E-state index is 12.7. The largest absolute Gasteiger partial charge is 0.441 e. The number of nitrogens with zero attached hydrogens (tertiary/aromatic N) is 2. The lowest BCUT2D eigenvalue weighted by molar-refractivity contribution is -0.0293. The molecule has 0 atom stereocenters. The molecular weight excluding hydrogens is 671 g/mol. The number of carbonyl (C=O) groups is 1. The smallest absolute Gasteiger partial charge is 0.407 e. The van der Waals surface area contributed by atoms with Crippen LogP contribution in [-0.2, 0) is 14.2 Å². The highest BCUT2D eigenvalue weighted by Crippen LogP contribution is 2.12. The van der Waals surface area contributed by atoms with Crippen LogP contribution in [0.2, 0.25) is 0 Å². The summed E-state index contributed by atoms with van der Waals surface area (Å²) in [6.07, 6.45) is 45.2. The molecule has 0 bridgehead atoms. The lowest BCUT2D eigenvalue weighted by Gasteiger charge is -2.32. The summed E-state index contributed by atoms with van der Waals surface area (Å²) in [5.41, 5.74) is 0. The van der Waals surface area contributed by atoms with E-state index in [1.807, 2.05) is 0 Å². The molecule has 7 heteroatoms. The molecule has 1 saturated heterocycles. The second kappa shape index (κ2) is 41.2. The summed E-state index contributed by atoms with van der Waals surface area (Å²) in [7, 11) is 2.16. The van der Waals surface area contributed by atoms with Crippen LogP contribution in [-0.4, -0.2) is 94.7 Å². The minimum atomic E-state index is -0.378. The van der Waals surface area contributed by atoms with Gasteiger partial charge in [0.1, 0.15) is 0 Å². The number of alkyl carbamates (subject to hydrolysis) is 1. The monoisotopic (exact) mass is 762 g/mol. The predicted octanol–water partition coefficient (Wildman–Crippen LogP) is 12.4. The third-order valence-electron chi connectivity index (χ3n) is 10.8. The highest BCUT2D eigenvalue weighted by Gasteiger charge is 2.17. The number of likely N-dealkylation sites (N-methyl/N-ethyl adjacent to an activating group) is 1. The van der Waals surface area contributed by atoms with Gasteiger partial charge in [0.05, 0.1) is 13.2 Å². The fourth-order valence-electron chi connectivity index (χ4n) is 7.03. The third kappa shape index (κ3) is 36.2. The first-order valence-corrected chi connectivity index (χ1v) is 23.5. The number of unbranched alkanes of at least 4 members (excludes halogenated alkanes) is 24. The van der Waals surface area contributed by atoms with Gasteiger partial charge in [0.15, 0.2) is 6.10 Å². The average Bonchev–Trinajstić information content (AvgIpc) is 3.17. The van der Waals surface area contributed by atoms with Gasteiger partial charge in [0, 0.05) is 52.5 Å². The van der Waals surface area contributed by atoms with Gasteiger partial charge in [-0.3, -0.25) is 4.90 Å². The molecule has 0 aromatic rings. The fraction of sp³-hybridized carbons (Fsp3) is 0.894. The minimum Gasteiger partial charge on any atom is -0.441 e. The van der Waals surface area contributed by atoms with Crippen molar-refractivity contribution in [2.45, 2.75) is 200 Å². The Balaban J connectivity index is 2.13. The zero-order chi connectivity index (χ0) is 38.8. The number of allylic oxidation sites excluding steroid dienone is 4. The molecule has 7 nitrogen and oxygen atoms in total. The summed E-state index contributed by atoms with van der Waals surface area (Å²) in [5, 5.41) is 2.96. The van der Waals surface area contributed by atoms with E-state index in [-0.39, 0.29) is 12.2 Å². The standard InChI is InChI=1S/C47H91N3O4/c1-4-6-8-10-12-14-16-18-20-22-24-26-28-30-32-34-42-52-44-46(54-47(51)48-36-37-50-40-38-49(3)39-41-50)45-53-43-35-33-31-29-27-25-23-21-19-17-15-13-11-9-7-5-2/h18-21,46H,4-17,22-45H2,1-3H3,(H,48,51). The first-order chi connectivity index (χ1) is 26.7. The van der Waals surface area contributed by atoms with Gasteiger partial charge in [-0.25, -0.2) is 4.79 Å². The van der Waals surface area contributed by atoms with E-state index in [2.05, 4.69) is 60.3 Å². The lowest BCUT2D eigenvalue weighted by Crippen LogP contribution is -2.47. The van der Waals surface area contributed by atoms with E-state index in [1.54, 1.807) is 0 Å². The van der Waals surface area contributed by atoms with Crippen LogP contribution in [0.5, 0.6) is 0 Å². The van der Waals surface area contributed by atoms with Gasteiger partial charge in [-0.05, 0) is 71.3 Å². The van der Waals surface area contributed by atoms with Crippen LogP contribution in [0.25, 0.3) is 0 Å². The number of rotatable bonds is 40. The summed E-state index contributed by atoms with van der Waals surface area (Å²) in [5.74, 6) is 0. The molecule has 0 unspecified atom stereocenters. The maximum atomic E-state index is 12.7. The molecule has 54 heavy (non-hydrogen) atoms. The molecule has 1 aliphatic rings. The zero-order valence-electron chi connectivity index (χ0n) is 36.3. The number of hydrogen-bond acceptors (Lipinski definition) is 6. The van der Waals surface area contributed by atoms with Gasteiger partial charge in [-0.2, -0.15) is 0 Å². The van der Waals surface area contributed by atoms with E-state index in [4.69, 9.17) is 14.2 Å². The molecule has 0 radical (unpaired) electrons. The van der Waals surface area contributed by atoms with Gasteiger partial charge in [-0.15, -0.1) is 0 Å². The molecule has 1 heterocycles. The fourth-order valence-corrected chi connectivity index (χ4v) is 7.03. The van der Waals surface area contributed by atoms with Crippen molar-refractivity contribution in [3.8, 4) is 0 Å². The van der Waals surface area contributed by atoms with Crippen LogP contribution in [0, 0.1) is 0 Å². The van der Waals surface area contributed by atoms with Crippen LogP contribution in [0.3, 0.4) is 0 Å². The molecule has 0 aromatic carbocycles. The Labute approximate surface area is 336 Å². The van der Waals surface area contributed by atoms with Crippen molar-refractivity contribution < 1.29 is 19.0 Å². The molecule has 1 N–H and O–H groups in total. The predicted molar refractivity (Wildman–Crippen MR) is 233 cm³/mol. The Morgan fingerprint density at radius 2 is 0.907 bits per heavy atom. The Morgan fingerprint density at radius 1 is 0.537 bits per heavy atom. The summed E-state index contributed by atoms with van der Waals surface area (Å²) in [4.78, 5) is 17.4. The van der Waals surface area contributed by atoms with Crippen molar-refractivity contribution in [3.05, 3.63) is 24.3 Å². The summed E-state index contributed by atoms with van der Waals surface area (Å²) < 4.78 is 17.8. The van der Waals surface area contributed by atoms with Crippen LogP contribution >= 0.6 is 0 Å². The van der Waals surface area contributed by atoms with Crippen molar-refractivity contribution in [2.75, 3.05) is 72.7 Å². The SMILES string of the molecule is CCCCCCCCC=CCCCCCCCCOCC(COCCCCCCCCC=CCCCCCCCC)OC(=O)NCCN1CCN(C)CC1. The van der Waals surface area contributed by atoms with Gasteiger partial charge >= 0.3 is 6.09 Å². The van der Waals surface area contributed by atoms with Gasteiger partial charge < -0.3 is 24.4 Å². The van der Waals surface area contributed by atoms with E-state index in [9.17, 15) is 4.79 Å². The first kappa shape index (κ1) is 50.6. The van der Waals surface area contributed by atoms with Gasteiger partial charge in [-0.1, -0.05) is 154 Å². The van der Waals surface area contributed by atoms with E-state index in [0.29, 0.717) is 33.0 Å². The molecule has 1 rings (SSSR count). The molecule has 0 spiro atoms. The number of amides is 1. The van der Waals surface area contributed by atoms with Crippen molar-refractivity contribution >= 4 is 6.09 Å². The van der Waals surface area contributed by atoms with Crippen molar-refractivity contribution in [3.63, 3.8) is 0 Å². The number of ether oxygens (including phenoxy) is 3. The van der Waals surface area contributed by atoms with Crippen molar-refractivity contribution in [2.24, 2.45) is 0 Å².